The van der Waals surface area contributed by atoms with E-state index in [1.165, 1.54) is 0 Å². The smallest absolute Gasteiger partial charge is 0.241 e. The molecule has 25 heavy (non-hydrogen) atoms. The van der Waals surface area contributed by atoms with Crippen molar-refractivity contribution in [2.45, 2.75) is 19.6 Å². The minimum Gasteiger partial charge on any atom is -0.338 e. The first-order valence-corrected chi connectivity index (χ1v) is 9.01. The van der Waals surface area contributed by atoms with E-state index in [-0.39, 0.29) is 6.54 Å². The summed E-state index contributed by atoms with van der Waals surface area (Å²) in [6.45, 7) is 5.35. The first-order valence-electron chi connectivity index (χ1n) is 8.13. The fourth-order valence-electron chi connectivity index (χ4n) is 2.76. The normalized spacial score (nSPS) is 16.5. The number of thiophene rings is 1. The Balaban J connectivity index is 1.27. The van der Waals surface area contributed by atoms with E-state index in [9.17, 15) is 0 Å². The van der Waals surface area contributed by atoms with Crippen LogP contribution in [0.2, 0.25) is 0 Å². The Bertz CT molecular complexity index is 793. The molecule has 0 bridgehead atoms. The summed E-state index contributed by atoms with van der Waals surface area (Å²) >= 11 is 1.61. The van der Waals surface area contributed by atoms with Crippen molar-refractivity contribution in [1.29, 1.82) is 0 Å². The van der Waals surface area contributed by atoms with Gasteiger partial charge in [-0.3, -0.25) is 9.80 Å². The van der Waals surface area contributed by atoms with Crippen LogP contribution in [0.1, 0.15) is 17.6 Å². The Morgan fingerprint density at radius 1 is 1.00 bits per heavy atom. The van der Waals surface area contributed by atoms with E-state index in [0.717, 1.165) is 31.1 Å². The minimum absolute atomic E-state index is 0.276. The molecule has 9 nitrogen and oxygen atoms in total. The fourth-order valence-corrected chi connectivity index (χ4v) is 3.41. The Hall–Kier alpha value is -2.14. The van der Waals surface area contributed by atoms with Gasteiger partial charge in [-0.05, 0) is 11.4 Å². The van der Waals surface area contributed by atoms with Crippen molar-refractivity contribution in [2.75, 3.05) is 26.2 Å². The van der Waals surface area contributed by atoms with Crippen molar-refractivity contribution < 1.29 is 9.05 Å². The Morgan fingerprint density at radius 3 is 2.44 bits per heavy atom. The lowest BCUT2D eigenvalue weighted by Crippen LogP contribution is -2.45. The monoisotopic (exact) mass is 361 g/mol. The summed E-state index contributed by atoms with van der Waals surface area (Å²) in [6, 6.07) is 3.97. The minimum atomic E-state index is 0.276. The van der Waals surface area contributed by atoms with Gasteiger partial charge < -0.3 is 14.8 Å². The molecule has 0 radical (unpaired) electrons. The van der Waals surface area contributed by atoms with E-state index in [1.54, 1.807) is 11.3 Å². The molecule has 0 amide bonds. The van der Waals surface area contributed by atoms with Gasteiger partial charge in [-0.15, -0.1) is 11.3 Å². The van der Waals surface area contributed by atoms with Crippen LogP contribution in [0.15, 0.2) is 26.6 Å². The van der Waals surface area contributed by atoms with Gasteiger partial charge in [0.15, 0.2) is 5.82 Å². The van der Waals surface area contributed by atoms with Crippen molar-refractivity contribution in [3.8, 4) is 10.7 Å². The third kappa shape index (κ3) is 3.93. The molecule has 0 saturated carbocycles. The number of nitrogens with two attached hydrogens (primary N) is 1. The van der Waals surface area contributed by atoms with Crippen molar-refractivity contribution in [1.82, 2.24) is 30.1 Å². The lowest BCUT2D eigenvalue weighted by atomic mass is 10.3. The molecule has 4 rings (SSSR count). The van der Waals surface area contributed by atoms with Crippen LogP contribution >= 0.6 is 11.3 Å². The summed E-state index contributed by atoms with van der Waals surface area (Å²) in [7, 11) is 0. The molecule has 3 aromatic rings. The molecular formula is C15H19N7O2S. The predicted octanol–water partition coefficient (Wildman–Crippen LogP) is 0.958. The summed E-state index contributed by atoms with van der Waals surface area (Å²) in [6.07, 6.45) is 0. The summed E-state index contributed by atoms with van der Waals surface area (Å²) < 4.78 is 10.4. The molecule has 0 aliphatic carbocycles. The molecule has 3 aromatic heterocycles. The lowest BCUT2D eigenvalue weighted by molar-refractivity contribution is 0.109. The highest BCUT2D eigenvalue weighted by molar-refractivity contribution is 7.13. The first-order chi connectivity index (χ1) is 12.3. The highest BCUT2D eigenvalue weighted by atomic mass is 32.1. The average Bonchev–Trinajstić information content (AvgIpc) is 3.38. The van der Waals surface area contributed by atoms with Gasteiger partial charge in [0.25, 0.3) is 0 Å². The van der Waals surface area contributed by atoms with Crippen LogP contribution in [0.4, 0.5) is 0 Å². The van der Waals surface area contributed by atoms with Crippen LogP contribution in [-0.2, 0) is 19.6 Å². The van der Waals surface area contributed by atoms with Crippen LogP contribution in [-0.4, -0.2) is 56.3 Å². The second kappa shape index (κ2) is 7.40. The highest BCUT2D eigenvalue weighted by Crippen LogP contribution is 2.21. The Labute approximate surface area is 148 Å². The zero-order chi connectivity index (χ0) is 17.1. The Kier molecular flexibility index (Phi) is 4.83. The van der Waals surface area contributed by atoms with Crippen molar-refractivity contribution in [3.05, 3.63) is 35.1 Å². The van der Waals surface area contributed by atoms with Crippen molar-refractivity contribution in [2.24, 2.45) is 5.73 Å². The summed E-state index contributed by atoms with van der Waals surface area (Å²) in [4.78, 5) is 14.4. The van der Waals surface area contributed by atoms with E-state index in [1.807, 2.05) is 17.5 Å². The van der Waals surface area contributed by atoms with Crippen molar-refractivity contribution in [3.63, 3.8) is 0 Å². The van der Waals surface area contributed by atoms with Crippen LogP contribution in [0.25, 0.3) is 10.7 Å². The van der Waals surface area contributed by atoms with E-state index in [0.29, 0.717) is 36.5 Å². The van der Waals surface area contributed by atoms with E-state index in [4.69, 9.17) is 14.8 Å². The van der Waals surface area contributed by atoms with E-state index in [2.05, 4.69) is 30.1 Å². The topological polar surface area (TPSA) is 110 Å². The molecule has 10 heteroatoms. The van der Waals surface area contributed by atoms with Gasteiger partial charge >= 0.3 is 0 Å². The highest BCUT2D eigenvalue weighted by Gasteiger charge is 2.21. The maximum Gasteiger partial charge on any atom is 0.241 e. The van der Waals surface area contributed by atoms with Gasteiger partial charge in [0.1, 0.15) is 0 Å². The molecule has 132 valence electrons. The zero-order valence-corrected chi connectivity index (χ0v) is 14.5. The van der Waals surface area contributed by atoms with Crippen LogP contribution in [0.3, 0.4) is 0 Å². The third-order valence-electron chi connectivity index (χ3n) is 4.08. The van der Waals surface area contributed by atoms with Crippen LogP contribution in [0, 0.1) is 0 Å². The number of nitrogens with zero attached hydrogens (tertiary/aromatic N) is 6. The number of hydrogen-bond donors (Lipinski definition) is 1. The summed E-state index contributed by atoms with van der Waals surface area (Å²) in [5.74, 6) is 2.48. The Morgan fingerprint density at radius 2 is 1.76 bits per heavy atom. The maximum absolute atomic E-state index is 5.48. The van der Waals surface area contributed by atoms with E-state index < -0.39 is 0 Å². The molecule has 0 unspecified atom stereocenters. The van der Waals surface area contributed by atoms with E-state index >= 15 is 0 Å². The second-order valence-corrected chi connectivity index (χ2v) is 6.80. The van der Waals surface area contributed by atoms with Crippen LogP contribution in [0.5, 0.6) is 0 Å². The van der Waals surface area contributed by atoms with Crippen LogP contribution < -0.4 is 5.73 Å². The molecule has 0 spiro atoms. The van der Waals surface area contributed by atoms with Gasteiger partial charge in [0, 0.05) is 26.2 Å². The van der Waals surface area contributed by atoms with Gasteiger partial charge in [-0.1, -0.05) is 16.4 Å². The molecule has 1 aliphatic rings. The SMILES string of the molecule is NCc1nc(CN2CCN(Cc3nc(-c4cccs4)no3)CC2)no1. The predicted molar refractivity (Wildman–Crippen MR) is 90.4 cm³/mol. The number of piperazine rings is 1. The molecule has 2 N–H and O–H groups in total. The molecule has 1 aliphatic heterocycles. The van der Waals surface area contributed by atoms with Gasteiger partial charge in [-0.2, -0.15) is 9.97 Å². The zero-order valence-electron chi connectivity index (χ0n) is 13.7. The number of aromatic nitrogens is 4. The molecule has 0 aromatic carbocycles. The second-order valence-electron chi connectivity index (χ2n) is 5.85. The maximum atomic E-state index is 5.48. The van der Waals surface area contributed by atoms with Crippen molar-refractivity contribution >= 4 is 11.3 Å². The summed E-state index contributed by atoms with van der Waals surface area (Å²) in [5.41, 5.74) is 5.48. The standard InChI is InChI=1S/C15H19N7O2S/c16-8-13-17-12(19-23-13)9-21-3-5-22(6-4-21)10-14-18-15(20-24-14)11-2-1-7-25-11/h1-2,7H,3-6,8-10,16H2. The molecule has 1 saturated heterocycles. The number of rotatable bonds is 6. The van der Waals surface area contributed by atoms with Gasteiger partial charge in [0.05, 0.1) is 24.5 Å². The molecular weight excluding hydrogens is 342 g/mol. The molecule has 1 fully saturated rings. The largest absolute Gasteiger partial charge is 0.338 e. The lowest BCUT2D eigenvalue weighted by Gasteiger charge is -2.33. The third-order valence-corrected chi connectivity index (χ3v) is 4.95. The molecule has 0 atom stereocenters. The average molecular weight is 361 g/mol. The fraction of sp³-hybridized carbons (Fsp3) is 0.467. The first kappa shape index (κ1) is 16.3. The number of hydrogen-bond acceptors (Lipinski definition) is 10. The molecule has 4 heterocycles. The quantitative estimate of drug-likeness (QED) is 0.686. The van der Waals surface area contributed by atoms with Gasteiger partial charge in [0.2, 0.25) is 17.6 Å². The van der Waals surface area contributed by atoms with Gasteiger partial charge in [-0.25, -0.2) is 0 Å². The summed E-state index contributed by atoms with van der Waals surface area (Å²) in [5, 5.41) is 10.0.